The second-order valence-electron chi connectivity index (χ2n) is 4.24. The quantitative estimate of drug-likeness (QED) is 0.695. The van der Waals surface area contributed by atoms with E-state index in [1.54, 1.807) is 24.3 Å². The second kappa shape index (κ2) is 5.96. The van der Waals surface area contributed by atoms with E-state index in [0.29, 0.717) is 26.2 Å². The maximum absolute atomic E-state index is 12.3. The highest BCUT2D eigenvalue weighted by atomic mass is 35.5. The molecule has 0 aromatic heterocycles. The Balaban J connectivity index is 2.34. The Kier molecular flexibility index (Phi) is 4.51. The van der Waals surface area contributed by atoms with Gasteiger partial charge < -0.3 is 0 Å². The van der Waals surface area contributed by atoms with E-state index in [1.807, 2.05) is 19.1 Å². The van der Waals surface area contributed by atoms with Gasteiger partial charge in [-0.3, -0.25) is 4.79 Å². The lowest BCUT2D eigenvalue weighted by molar-refractivity contribution is 0.0993. The highest BCUT2D eigenvalue weighted by Gasteiger charge is 2.15. The lowest BCUT2D eigenvalue weighted by atomic mass is 10.0. The first-order chi connectivity index (χ1) is 9.00. The zero-order valence-corrected chi connectivity index (χ0v) is 12.5. The third-order valence-electron chi connectivity index (χ3n) is 2.89. The molecule has 0 radical (unpaired) electrons. The molecule has 4 heteroatoms. The number of rotatable bonds is 3. The number of carbonyl (C=O) groups excluding carboxylic acids is 1. The summed E-state index contributed by atoms with van der Waals surface area (Å²) in [5.41, 5.74) is 2.00. The summed E-state index contributed by atoms with van der Waals surface area (Å²) < 4.78 is 0. The van der Waals surface area contributed by atoms with Gasteiger partial charge in [0.05, 0.1) is 5.02 Å². The first-order valence-corrected chi connectivity index (χ1v) is 6.85. The van der Waals surface area contributed by atoms with Gasteiger partial charge in [-0.15, -0.1) is 0 Å². The topological polar surface area (TPSA) is 17.1 Å². The molecule has 0 aliphatic rings. The molecular formula is C15H11Cl3O. The number of carbonyl (C=O) groups is 1. The fraction of sp³-hybridized carbons (Fsp3) is 0.133. The van der Waals surface area contributed by atoms with Crippen molar-refractivity contribution < 1.29 is 4.79 Å². The number of Topliss-reactive ketones (excluding diaryl/α,β-unsaturated/α-hetero) is 1. The third-order valence-corrected chi connectivity index (χ3v) is 4.10. The molecular weight excluding hydrogens is 303 g/mol. The van der Waals surface area contributed by atoms with E-state index < -0.39 is 0 Å². The van der Waals surface area contributed by atoms with E-state index in [0.717, 1.165) is 5.56 Å². The number of ketones is 1. The van der Waals surface area contributed by atoms with Crippen LogP contribution in [0.25, 0.3) is 0 Å². The Labute approximate surface area is 127 Å². The van der Waals surface area contributed by atoms with Gasteiger partial charge in [0.2, 0.25) is 0 Å². The SMILES string of the molecule is Cc1cccc(C(=O)Cc2c(Cl)cccc2Cl)c1Cl. The van der Waals surface area contributed by atoms with Crippen LogP contribution in [-0.2, 0) is 6.42 Å². The Hall–Kier alpha value is -1.02. The van der Waals surface area contributed by atoms with Crippen molar-refractivity contribution in [2.75, 3.05) is 0 Å². The smallest absolute Gasteiger partial charge is 0.168 e. The summed E-state index contributed by atoms with van der Waals surface area (Å²) >= 11 is 18.3. The third kappa shape index (κ3) is 3.11. The molecule has 0 heterocycles. The van der Waals surface area contributed by atoms with Crippen LogP contribution in [0.4, 0.5) is 0 Å². The summed E-state index contributed by atoms with van der Waals surface area (Å²) in [4.78, 5) is 12.3. The predicted octanol–water partition coefficient (Wildman–Crippen LogP) is 5.38. The van der Waals surface area contributed by atoms with Crippen LogP contribution in [0, 0.1) is 6.92 Å². The predicted molar refractivity (Wildman–Crippen MR) is 80.7 cm³/mol. The molecule has 98 valence electrons. The fourth-order valence-electron chi connectivity index (χ4n) is 1.82. The Morgan fingerprint density at radius 1 is 1.00 bits per heavy atom. The van der Waals surface area contributed by atoms with Crippen LogP contribution in [-0.4, -0.2) is 5.78 Å². The molecule has 0 spiro atoms. The normalized spacial score (nSPS) is 10.5. The molecule has 0 atom stereocenters. The van der Waals surface area contributed by atoms with Crippen molar-refractivity contribution in [3.63, 3.8) is 0 Å². The van der Waals surface area contributed by atoms with Crippen molar-refractivity contribution in [3.05, 3.63) is 68.2 Å². The summed E-state index contributed by atoms with van der Waals surface area (Å²) in [6.45, 7) is 1.86. The van der Waals surface area contributed by atoms with Gasteiger partial charge in [-0.2, -0.15) is 0 Å². The lowest BCUT2D eigenvalue weighted by Gasteiger charge is -2.08. The van der Waals surface area contributed by atoms with E-state index in [1.165, 1.54) is 0 Å². The van der Waals surface area contributed by atoms with Crippen molar-refractivity contribution in [1.82, 2.24) is 0 Å². The van der Waals surface area contributed by atoms with Gasteiger partial charge in [0, 0.05) is 22.0 Å². The molecule has 19 heavy (non-hydrogen) atoms. The Morgan fingerprint density at radius 2 is 1.58 bits per heavy atom. The van der Waals surface area contributed by atoms with Crippen molar-refractivity contribution in [2.24, 2.45) is 0 Å². The zero-order chi connectivity index (χ0) is 14.0. The van der Waals surface area contributed by atoms with E-state index in [9.17, 15) is 4.79 Å². The number of halogens is 3. The molecule has 2 rings (SSSR count). The van der Waals surface area contributed by atoms with Gasteiger partial charge in [-0.1, -0.05) is 53.0 Å². The number of benzene rings is 2. The van der Waals surface area contributed by atoms with E-state index >= 15 is 0 Å². The number of hydrogen-bond acceptors (Lipinski definition) is 1. The van der Waals surface area contributed by atoms with Crippen molar-refractivity contribution in [1.29, 1.82) is 0 Å². The molecule has 0 fully saturated rings. The van der Waals surface area contributed by atoms with Crippen LogP contribution in [0.5, 0.6) is 0 Å². The molecule has 0 saturated carbocycles. The number of aryl methyl sites for hydroxylation is 1. The standard InChI is InChI=1S/C15H11Cl3O/c1-9-4-2-5-10(15(9)18)14(19)8-11-12(16)6-3-7-13(11)17/h2-7H,8H2,1H3. The minimum atomic E-state index is -0.0938. The highest BCUT2D eigenvalue weighted by Crippen LogP contribution is 2.27. The van der Waals surface area contributed by atoms with E-state index in [2.05, 4.69) is 0 Å². The zero-order valence-electron chi connectivity index (χ0n) is 10.2. The molecule has 0 bridgehead atoms. The van der Waals surface area contributed by atoms with Gasteiger partial charge in [-0.05, 0) is 36.2 Å². The van der Waals surface area contributed by atoms with Crippen LogP contribution in [0.2, 0.25) is 15.1 Å². The Bertz CT molecular complexity index is 615. The summed E-state index contributed by atoms with van der Waals surface area (Å²) in [6.07, 6.45) is 0.141. The fourth-order valence-corrected chi connectivity index (χ4v) is 2.58. The van der Waals surface area contributed by atoms with Gasteiger partial charge in [-0.25, -0.2) is 0 Å². The first-order valence-electron chi connectivity index (χ1n) is 5.72. The number of hydrogen-bond donors (Lipinski definition) is 0. The molecule has 0 aliphatic carbocycles. The average Bonchev–Trinajstić information content (AvgIpc) is 2.37. The van der Waals surface area contributed by atoms with Crippen molar-refractivity contribution in [3.8, 4) is 0 Å². The van der Waals surface area contributed by atoms with Crippen LogP contribution < -0.4 is 0 Å². The molecule has 2 aromatic carbocycles. The largest absolute Gasteiger partial charge is 0.294 e. The maximum Gasteiger partial charge on any atom is 0.168 e. The van der Waals surface area contributed by atoms with Crippen LogP contribution >= 0.6 is 34.8 Å². The monoisotopic (exact) mass is 312 g/mol. The van der Waals surface area contributed by atoms with Crippen molar-refractivity contribution in [2.45, 2.75) is 13.3 Å². The lowest BCUT2D eigenvalue weighted by Crippen LogP contribution is -2.06. The van der Waals surface area contributed by atoms with Crippen LogP contribution in [0.1, 0.15) is 21.5 Å². The molecule has 2 aromatic rings. The van der Waals surface area contributed by atoms with Gasteiger partial charge in [0.1, 0.15) is 0 Å². The molecule has 0 amide bonds. The maximum atomic E-state index is 12.3. The highest BCUT2D eigenvalue weighted by molar-refractivity contribution is 6.37. The molecule has 0 saturated heterocycles. The summed E-state index contributed by atoms with van der Waals surface area (Å²) in [5.74, 6) is -0.0938. The molecule has 0 aliphatic heterocycles. The summed E-state index contributed by atoms with van der Waals surface area (Å²) in [7, 11) is 0. The van der Waals surface area contributed by atoms with Gasteiger partial charge >= 0.3 is 0 Å². The second-order valence-corrected chi connectivity index (χ2v) is 5.43. The summed E-state index contributed by atoms with van der Waals surface area (Å²) in [6, 6.07) is 10.6. The molecule has 1 nitrogen and oxygen atoms in total. The minimum absolute atomic E-state index is 0.0938. The summed E-state index contributed by atoms with van der Waals surface area (Å²) in [5, 5.41) is 1.46. The molecule has 0 unspecified atom stereocenters. The first kappa shape index (κ1) is 14.4. The minimum Gasteiger partial charge on any atom is -0.294 e. The Morgan fingerprint density at radius 3 is 2.21 bits per heavy atom. The van der Waals surface area contributed by atoms with E-state index in [4.69, 9.17) is 34.8 Å². The van der Waals surface area contributed by atoms with Crippen molar-refractivity contribution >= 4 is 40.6 Å². The van der Waals surface area contributed by atoms with Gasteiger partial charge in [0.15, 0.2) is 5.78 Å². The van der Waals surface area contributed by atoms with E-state index in [-0.39, 0.29) is 12.2 Å². The average molecular weight is 314 g/mol. The van der Waals surface area contributed by atoms with Crippen LogP contribution in [0.3, 0.4) is 0 Å². The van der Waals surface area contributed by atoms with Crippen LogP contribution in [0.15, 0.2) is 36.4 Å². The van der Waals surface area contributed by atoms with Gasteiger partial charge in [0.25, 0.3) is 0 Å². The molecule has 0 N–H and O–H groups in total.